The molecule has 0 radical (unpaired) electrons. The van der Waals surface area contributed by atoms with Gasteiger partial charge in [0, 0.05) is 24.7 Å². The van der Waals surface area contributed by atoms with E-state index >= 15 is 0 Å². The van der Waals surface area contributed by atoms with E-state index in [1.54, 1.807) is 6.08 Å². The van der Waals surface area contributed by atoms with Gasteiger partial charge < -0.3 is 10.6 Å². The largest absolute Gasteiger partial charge is 0.405 e. The van der Waals surface area contributed by atoms with E-state index in [1.807, 2.05) is 18.7 Å². The predicted molar refractivity (Wildman–Crippen MR) is 57.1 cm³/mol. The third-order valence-corrected chi connectivity index (χ3v) is 2.26. The molecule has 0 aromatic rings. The van der Waals surface area contributed by atoms with Gasteiger partial charge in [-0.1, -0.05) is 0 Å². The van der Waals surface area contributed by atoms with Crippen molar-refractivity contribution in [3.63, 3.8) is 0 Å². The van der Waals surface area contributed by atoms with Gasteiger partial charge in [-0.2, -0.15) is 0 Å². The summed E-state index contributed by atoms with van der Waals surface area (Å²) in [5.74, 6) is 0.0976. The molecule has 1 aliphatic rings. The van der Waals surface area contributed by atoms with E-state index in [2.05, 4.69) is 4.99 Å². The molecular weight excluding hydrogens is 178 g/mol. The molecule has 0 saturated heterocycles. The highest BCUT2D eigenvalue weighted by atomic mass is 16.2. The summed E-state index contributed by atoms with van der Waals surface area (Å²) in [4.78, 5) is 17.6. The summed E-state index contributed by atoms with van der Waals surface area (Å²) >= 11 is 0. The Kier molecular flexibility index (Phi) is 3.68. The Morgan fingerprint density at radius 2 is 2.29 bits per heavy atom. The minimum absolute atomic E-state index is 0.0976. The summed E-state index contributed by atoms with van der Waals surface area (Å²) in [5.41, 5.74) is 6.19. The average Bonchev–Trinajstić information content (AvgIpc) is 2.29. The quantitative estimate of drug-likeness (QED) is 0.699. The second kappa shape index (κ2) is 4.79. The number of nitrogens with two attached hydrogens (primary N) is 1. The zero-order valence-electron chi connectivity index (χ0n) is 8.73. The van der Waals surface area contributed by atoms with Crippen molar-refractivity contribution < 1.29 is 4.79 Å². The lowest BCUT2D eigenvalue weighted by molar-refractivity contribution is -0.130. The molecule has 0 spiro atoms. The van der Waals surface area contributed by atoms with Crippen LogP contribution in [0.4, 0.5) is 0 Å². The summed E-state index contributed by atoms with van der Waals surface area (Å²) in [6, 6.07) is 0.249. The first kappa shape index (κ1) is 10.8. The van der Waals surface area contributed by atoms with Crippen molar-refractivity contribution in [1.29, 1.82) is 0 Å². The van der Waals surface area contributed by atoms with Crippen LogP contribution < -0.4 is 5.73 Å². The fourth-order valence-corrected chi connectivity index (χ4v) is 1.49. The van der Waals surface area contributed by atoms with Crippen LogP contribution in [0.3, 0.4) is 0 Å². The van der Waals surface area contributed by atoms with Crippen LogP contribution in [0.1, 0.15) is 20.3 Å². The number of rotatable bonds is 2. The minimum Gasteiger partial charge on any atom is -0.405 e. The first-order chi connectivity index (χ1) is 6.65. The second-order valence-corrected chi connectivity index (χ2v) is 3.60. The van der Waals surface area contributed by atoms with E-state index in [4.69, 9.17) is 5.73 Å². The highest BCUT2D eigenvalue weighted by molar-refractivity contribution is 5.97. The SMILES string of the molecule is CC(C)N1CCC(/C=C\N)=NCC1=O. The van der Waals surface area contributed by atoms with Gasteiger partial charge in [0.25, 0.3) is 0 Å². The van der Waals surface area contributed by atoms with Crippen molar-refractivity contribution in [3.05, 3.63) is 12.3 Å². The van der Waals surface area contributed by atoms with E-state index in [0.29, 0.717) is 0 Å². The molecule has 0 unspecified atom stereocenters. The van der Waals surface area contributed by atoms with Crippen LogP contribution in [-0.2, 0) is 4.79 Å². The van der Waals surface area contributed by atoms with Crippen LogP contribution in [0, 0.1) is 0 Å². The van der Waals surface area contributed by atoms with Crippen molar-refractivity contribution >= 4 is 11.6 Å². The third kappa shape index (κ3) is 2.58. The number of allylic oxidation sites excluding steroid dienone is 1. The van der Waals surface area contributed by atoms with Gasteiger partial charge in [-0.15, -0.1) is 0 Å². The summed E-state index contributed by atoms with van der Waals surface area (Å²) in [5, 5.41) is 0. The molecule has 1 rings (SSSR count). The Hall–Kier alpha value is -1.32. The molecular formula is C10H17N3O. The number of aliphatic imine (C=N–C) groups is 1. The molecule has 14 heavy (non-hydrogen) atoms. The van der Waals surface area contributed by atoms with Crippen molar-refractivity contribution in [2.75, 3.05) is 13.1 Å². The monoisotopic (exact) mass is 195 g/mol. The minimum atomic E-state index is 0.0976. The summed E-state index contributed by atoms with van der Waals surface area (Å²) in [6.07, 6.45) is 4.02. The molecule has 0 fully saturated rings. The van der Waals surface area contributed by atoms with Gasteiger partial charge in [-0.3, -0.25) is 9.79 Å². The first-order valence-corrected chi connectivity index (χ1v) is 4.86. The Morgan fingerprint density at radius 1 is 1.57 bits per heavy atom. The van der Waals surface area contributed by atoms with Gasteiger partial charge >= 0.3 is 0 Å². The van der Waals surface area contributed by atoms with Gasteiger partial charge in [0.2, 0.25) is 5.91 Å². The molecule has 0 aliphatic carbocycles. The summed E-state index contributed by atoms with van der Waals surface area (Å²) in [7, 11) is 0. The zero-order chi connectivity index (χ0) is 10.6. The van der Waals surface area contributed by atoms with Crippen LogP contribution >= 0.6 is 0 Å². The van der Waals surface area contributed by atoms with E-state index in [-0.39, 0.29) is 18.5 Å². The standard InChI is InChI=1S/C10H17N3O/c1-8(2)13-6-4-9(3-5-11)12-7-10(13)14/h3,5,8H,4,6-7,11H2,1-2H3/b5-3-. The lowest BCUT2D eigenvalue weighted by Crippen LogP contribution is -2.38. The topological polar surface area (TPSA) is 58.7 Å². The van der Waals surface area contributed by atoms with Crippen LogP contribution in [0.2, 0.25) is 0 Å². The predicted octanol–water partition coefficient (Wildman–Crippen LogP) is 0.541. The van der Waals surface area contributed by atoms with Crippen molar-refractivity contribution in [2.24, 2.45) is 10.7 Å². The Balaban J connectivity index is 2.68. The summed E-state index contributed by atoms with van der Waals surface area (Å²) in [6.45, 7) is 5.01. The number of hydrogen-bond acceptors (Lipinski definition) is 3. The number of nitrogens with zero attached hydrogens (tertiary/aromatic N) is 2. The third-order valence-electron chi connectivity index (χ3n) is 2.26. The number of hydrogen-bond donors (Lipinski definition) is 1. The van der Waals surface area contributed by atoms with Crippen LogP contribution in [0.5, 0.6) is 0 Å². The maximum absolute atomic E-state index is 11.6. The van der Waals surface area contributed by atoms with Crippen molar-refractivity contribution in [2.45, 2.75) is 26.3 Å². The van der Waals surface area contributed by atoms with Gasteiger partial charge in [0.1, 0.15) is 6.54 Å². The van der Waals surface area contributed by atoms with Gasteiger partial charge in [-0.25, -0.2) is 0 Å². The fraction of sp³-hybridized carbons (Fsp3) is 0.600. The Labute approximate surface area is 84.5 Å². The van der Waals surface area contributed by atoms with E-state index in [0.717, 1.165) is 18.7 Å². The van der Waals surface area contributed by atoms with Crippen LogP contribution in [0.25, 0.3) is 0 Å². The van der Waals surface area contributed by atoms with Gasteiger partial charge in [0.15, 0.2) is 0 Å². The highest BCUT2D eigenvalue weighted by Gasteiger charge is 2.19. The van der Waals surface area contributed by atoms with Crippen molar-refractivity contribution in [3.8, 4) is 0 Å². The molecule has 4 heteroatoms. The Morgan fingerprint density at radius 3 is 2.86 bits per heavy atom. The maximum atomic E-state index is 11.6. The molecule has 2 N–H and O–H groups in total. The van der Waals surface area contributed by atoms with Gasteiger partial charge in [0.05, 0.1) is 0 Å². The van der Waals surface area contributed by atoms with Gasteiger partial charge in [-0.05, 0) is 26.1 Å². The molecule has 1 heterocycles. The van der Waals surface area contributed by atoms with E-state index in [1.165, 1.54) is 6.20 Å². The summed E-state index contributed by atoms with van der Waals surface area (Å²) < 4.78 is 0. The zero-order valence-corrected chi connectivity index (χ0v) is 8.73. The van der Waals surface area contributed by atoms with Crippen LogP contribution in [0.15, 0.2) is 17.3 Å². The molecule has 78 valence electrons. The number of carbonyl (C=O) groups is 1. The molecule has 1 aliphatic heterocycles. The molecule has 1 amide bonds. The average molecular weight is 195 g/mol. The lowest BCUT2D eigenvalue weighted by Gasteiger charge is -2.24. The molecule has 4 nitrogen and oxygen atoms in total. The number of amides is 1. The van der Waals surface area contributed by atoms with E-state index in [9.17, 15) is 4.79 Å². The fourth-order valence-electron chi connectivity index (χ4n) is 1.49. The van der Waals surface area contributed by atoms with E-state index < -0.39 is 0 Å². The van der Waals surface area contributed by atoms with Crippen molar-refractivity contribution in [1.82, 2.24) is 4.90 Å². The lowest BCUT2D eigenvalue weighted by atomic mass is 10.2. The molecule has 0 saturated carbocycles. The maximum Gasteiger partial charge on any atom is 0.244 e. The smallest absolute Gasteiger partial charge is 0.244 e. The number of carbonyl (C=O) groups excluding carboxylic acids is 1. The van der Waals surface area contributed by atoms with Crippen LogP contribution in [-0.4, -0.2) is 35.7 Å². The molecule has 0 atom stereocenters. The second-order valence-electron chi connectivity index (χ2n) is 3.60. The first-order valence-electron chi connectivity index (χ1n) is 4.86. The molecule has 0 aromatic heterocycles. The molecule has 0 aromatic carbocycles. The molecule has 0 bridgehead atoms. The normalized spacial score (nSPS) is 18.9. The Bertz CT molecular complexity index is 269. The highest BCUT2D eigenvalue weighted by Crippen LogP contribution is 2.06.